The van der Waals surface area contributed by atoms with Crippen LogP contribution in [0.4, 0.5) is 10.1 Å². The number of halogens is 1. The molecule has 7 heteroatoms. The number of nitrogens with zero attached hydrogens (tertiary/aromatic N) is 2. The Labute approximate surface area is 119 Å². The fraction of sp³-hybridized carbons (Fsp3) is 0.538. The quantitative estimate of drug-likeness (QED) is 0.850. The number of piperidine rings is 1. The fourth-order valence-corrected chi connectivity index (χ4v) is 3.93. The first-order chi connectivity index (χ1) is 9.32. The third kappa shape index (κ3) is 2.94. The molecule has 1 aliphatic heterocycles. The summed E-state index contributed by atoms with van der Waals surface area (Å²) in [6.07, 6.45) is 1.72. The molecule has 1 aliphatic rings. The zero-order valence-corrected chi connectivity index (χ0v) is 12.5. The van der Waals surface area contributed by atoms with E-state index in [1.54, 1.807) is 0 Å². The van der Waals surface area contributed by atoms with Crippen LogP contribution in [-0.4, -0.2) is 50.8 Å². The molecule has 0 aromatic heterocycles. The molecule has 1 aromatic rings. The number of sulfonamides is 1. The molecule has 1 saturated heterocycles. The van der Waals surface area contributed by atoms with Crippen molar-refractivity contribution >= 4 is 15.7 Å². The van der Waals surface area contributed by atoms with Crippen LogP contribution in [0.3, 0.4) is 0 Å². The van der Waals surface area contributed by atoms with Crippen LogP contribution in [0.2, 0.25) is 0 Å². The van der Waals surface area contributed by atoms with Gasteiger partial charge in [-0.15, -0.1) is 0 Å². The minimum absolute atomic E-state index is 0.129. The summed E-state index contributed by atoms with van der Waals surface area (Å²) in [5.74, 6) is -0.805. The maximum atomic E-state index is 13.9. The predicted molar refractivity (Wildman–Crippen MR) is 76.3 cm³/mol. The largest absolute Gasteiger partial charge is 0.399 e. The van der Waals surface area contributed by atoms with Gasteiger partial charge in [0.15, 0.2) is 0 Å². The van der Waals surface area contributed by atoms with E-state index in [4.69, 9.17) is 5.73 Å². The molecular formula is C13H20FN3O2S. The lowest BCUT2D eigenvalue weighted by Crippen LogP contribution is -2.47. The Kier molecular flexibility index (Phi) is 4.31. The number of rotatable bonds is 3. The fourth-order valence-electron chi connectivity index (χ4n) is 2.51. The minimum atomic E-state index is -3.83. The molecule has 0 aliphatic carbocycles. The Morgan fingerprint density at radius 2 is 2.15 bits per heavy atom. The van der Waals surface area contributed by atoms with E-state index in [1.165, 1.54) is 23.5 Å². The van der Waals surface area contributed by atoms with Gasteiger partial charge in [0.25, 0.3) is 0 Å². The second-order valence-electron chi connectivity index (χ2n) is 5.27. The van der Waals surface area contributed by atoms with E-state index in [2.05, 4.69) is 4.90 Å². The van der Waals surface area contributed by atoms with Crippen molar-refractivity contribution in [3.05, 3.63) is 24.0 Å². The van der Waals surface area contributed by atoms with Crippen molar-refractivity contribution < 1.29 is 12.8 Å². The first kappa shape index (κ1) is 15.2. The van der Waals surface area contributed by atoms with Gasteiger partial charge in [-0.05, 0) is 44.6 Å². The highest BCUT2D eigenvalue weighted by molar-refractivity contribution is 7.89. The summed E-state index contributed by atoms with van der Waals surface area (Å²) < 4.78 is 40.1. The lowest BCUT2D eigenvalue weighted by molar-refractivity contribution is 0.187. The number of hydrogen-bond donors (Lipinski definition) is 1. The van der Waals surface area contributed by atoms with Crippen LogP contribution < -0.4 is 5.73 Å². The Bertz CT molecular complexity index is 591. The molecule has 1 heterocycles. The second-order valence-corrected chi connectivity index (χ2v) is 7.24. The van der Waals surface area contributed by atoms with Crippen molar-refractivity contribution in [2.24, 2.45) is 0 Å². The smallest absolute Gasteiger partial charge is 0.246 e. The molecule has 2 N–H and O–H groups in total. The van der Waals surface area contributed by atoms with E-state index in [0.717, 1.165) is 25.5 Å². The number of likely N-dealkylation sites (N-methyl/N-ethyl adjacent to an activating group) is 2. The summed E-state index contributed by atoms with van der Waals surface area (Å²) in [5.41, 5.74) is 5.66. The predicted octanol–water partition coefficient (Wildman–Crippen LogP) is 1.12. The van der Waals surface area contributed by atoms with Gasteiger partial charge in [-0.2, -0.15) is 4.31 Å². The molecule has 0 bridgehead atoms. The molecule has 0 radical (unpaired) electrons. The third-order valence-electron chi connectivity index (χ3n) is 3.73. The molecule has 0 amide bonds. The molecule has 1 aromatic carbocycles. The first-order valence-electron chi connectivity index (χ1n) is 6.54. The zero-order valence-electron chi connectivity index (χ0n) is 11.7. The minimum Gasteiger partial charge on any atom is -0.399 e. The summed E-state index contributed by atoms with van der Waals surface area (Å²) >= 11 is 0. The van der Waals surface area contributed by atoms with E-state index in [0.29, 0.717) is 6.54 Å². The number of benzene rings is 1. The highest BCUT2D eigenvalue weighted by Crippen LogP contribution is 2.24. The normalized spacial score (nSPS) is 21.3. The van der Waals surface area contributed by atoms with Crippen LogP contribution in [0.15, 0.2) is 23.1 Å². The van der Waals surface area contributed by atoms with Gasteiger partial charge in [0.1, 0.15) is 10.7 Å². The van der Waals surface area contributed by atoms with Gasteiger partial charge >= 0.3 is 0 Å². The molecule has 2 rings (SSSR count). The van der Waals surface area contributed by atoms with Crippen LogP contribution in [0.5, 0.6) is 0 Å². The Hall–Kier alpha value is -1.18. The van der Waals surface area contributed by atoms with Crippen molar-refractivity contribution in [3.63, 3.8) is 0 Å². The number of anilines is 1. The van der Waals surface area contributed by atoms with E-state index >= 15 is 0 Å². The average Bonchev–Trinajstić information content (AvgIpc) is 2.37. The summed E-state index contributed by atoms with van der Waals surface area (Å²) in [4.78, 5) is 1.77. The van der Waals surface area contributed by atoms with Crippen LogP contribution in [0.1, 0.15) is 12.8 Å². The van der Waals surface area contributed by atoms with E-state index < -0.39 is 15.8 Å². The molecule has 5 nitrogen and oxygen atoms in total. The number of nitrogens with two attached hydrogens (primary N) is 1. The molecule has 1 fully saturated rings. The summed E-state index contributed by atoms with van der Waals surface area (Å²) in [6.45, 7) is 1.62. The molecule has 112 valence electrons. The maximum absolute atomic E-state index is 13.9. The molecule has 1 atom stereocenters. The van der Waals surface area contributed by atoms with Gasteiger partial charge in [-0.25, -0.2) is 12.8 Å². The highest BCUT2D eigenvalue weighted by atomic mass is 32.2. The molecule has 20 heavy (non-hydrogen) atoms. The van der Waals surface area contributed by atoms with Crippen molar-refractivity contribution in [3.8, 4) is 0 Å². The highest BCUT2D eigenvalue weighted by Gasteiger charge is 2.32. The number of hydrogen-bond acceptors (Lipinski definition) is 4. The van der Waals surface area contributed by atoms with Crippen LogP contribution in [0.25, 0.3) is 0 Å². The summed E-state index contributed by atoms with van der Waals surface area (Å²) in [5, 5.41) is 0. The van der Waals surface area contributed by atoms with Crippen molar-refractivity contribution in [1.82, 2.24) is 9.21 Å². The topological polar surface area (TPSA) is 66.6 Å². The average molecular weight is 301 g/mol. The van der Waals surface area contributed by atoms with Gasteiger partial charge in [-0.3, -0.25) is 0 Å². The number of likely N-dealkylation sites (tertiary alicyclic amines) is 1. The monoisotopic (exact) mass is 301 g/mol. The van der Waals surface area contributed by atoms with Crippen molar-refractivity contribution in [2.75, 3.05) is 32.9 Å². The summed E-state index contributed by atoms with van der Waals surface area (Å²) in [7, 11) is -0.370. The number of nitrogen functional groups attached to an aromatic ring is 1. The standard InChI is InChI=1S/C13H20FN3O2S/c1-16-7-3-4-11(9-16)17(2)20(18,19)13-6-5-10(15)8-12(13)14/h5-6,8,11H,3-4,7,9,15H2,1-2H3. The van der Waals surface area contributed by atoms with Gasteiger partial charge < -0.3 is 10.6 Å². The second kappa shape index (κ2) is 5.67. The van der Waals surface area contributed by atoms with Crippen LogP contribution in [-0.2, 0) is 10.0 Å². The van der Waals surface area contributed by atoms with Crippen LogP contribution >= 0.6 is 0 Å². The molecule has 1 unspecified atom stereocenters. The summed E-state index contributed by atoms with van der Waals surface area (Å²) in [6, 6.07) is 3.53. The Balaban J connectivity index is 2.29. The van der Waals surface area contributed by atoms with E-state index in [9.17, 15) is 12.8 Å². The first-order valence-corrected chi connectivity index (χ1v) is 7.98. The zero-order chi connectivity index (χ0) is 14.9. The lowest BCUT2D eigenvalue weighted by Gasteiger charge is -2.35. The van der Waals surface area contributed by atoms with Crippen molar-refractivity contribution in [2.45, 2.75) is 23.8 Å². The van der Waals surface area contributed by atoms with Crippen LogP contribution in [0, 0.1) is 5.82 Å². The lowest BCUT2D eigenvalue weighted by atomic mass is 10.1. The van der Waals surface area contributed by atoms with Gasteiger partial charge in [0.2, 0.25) is 10.0 Å². The SMILES string of the molecule is CN1CCCC(N(C)S(=O)(=O)c2ccc(N)cc2F)C1. The van der Waals surface area contributed by atoms with E-state index in [-0.39, 0.29) is 16.6 Å². The third-order valence-corrected chi connectivity index (χ3v) is 5.67. The van der Waals surface area contributed by atoms with E-state index in [1.807, 2.05) is 7.05 Å². The molecule has 0 saturated carbocycles. The Morgan fingerprint density at radius 1 is 1.45 bits per heavy atom. The van der Waals surface area contributed by atoms with Gasteiger partial charge in [-0.1, -0.05) is 0 Å². The maximum Gasteiger partial charge on any atom is 0.246 e. The molecule has 0 spiro atoms. The van der Waals surface area contributed by atoms with Crippen molar-refractivity contribution in [1.29, 1.82) is 0 Å². The van der Waals surface area contributed by atoms with Gasteiger partial charge in [0, 0.05) is 25.3 Å². The molecular weight excluding hydrogens is 281 g/mol. The Morgan fingerprint density at radius 3 is 2.75 bits per heavy atom. The van der Waals surface area contributed by atoms with Gasteiger partial charge in [0.05, 0.1) is 0 Å².